The minimum absolute atomic E-state index is 0.0164. The number of nitrogens with one attached hydrogen (secondary N) is 5. The molecule has 10 aromatic rings. The number of fused-ring (bicyclic) bond motifs is 10. The second-order valence-corrected chi connectivity index (χ2v) is 46.3. The highest BCUT2D eigenvalue weighted by Crippen LogP contribution is 2.57. The summed E-state index contributed by atoms with van der Waals surface area (Å²) < 4.78 is 141. The van der Waals surface area contributed by atoms with Crippen LogP contribution in [0, 0.1) is 19.1 Å². The number of anilines is 10. The first kappa shape index (κ1) is 115. The molecule has 5 fully saturated rings. The molecule has 0 radical (unpaired) electrons. The molecule has 810 valence electrons. The van der Waals surface area contributed by atoms with Crippen molar-refractivity contribution in [3.63, 3.8) is 0 Å². The first-order chi connectivity index (χ1) is 72.9. The Labute approximate surface area is 924 Å². The standard InChI is InChI=1S/C21H27N3O4S3.C20H24FN3O5S.C20H24FN3O4S2.C20H25N3O4S3.C20H25N3O3S3/c1-5-9-28-12-7-6-8-13-16(12)22-19-14(30-13)10-24(21(29)23-19)20-18(27-4)17(26-3)15(31-20)11-25-2;1-4-8-28-11-6-5-7-13-16(11)22-18-14(30-13)9-24(20(25)23-18)19-15(21)17(27-3)12(29-19)10-26-2;1-4-8-27-11-6-5-7-13-16(11)22-18-14(30-13)9-24(20(29)23-18)19-15(21)17(26-3)12(28-19)10-25-2;1-4-8-27-11-6-5-7-12-15(11)21-18-13(29-12)9-23(20(28)22-18)19-16(24)17(26-3)14(30-19)10-25-2;1-4-8-26-12-6-5-7-14-18(12)21-19-15(28-14)10-23(20(27)22-19)17-9-13(25-3)16(29-17)11-24-2/h6-8,10,15,17-18,20H,5,9,11H2,1-4H3,(H,22,23,29);5-7,9,12,15,17,19H,4,8,10H2,1-3H3,(H,22,23,25);5-7,9,12,15,17,19H,4,8,10H2,1-3H3,(H,22,23,29);5-7,9,14,16-17,19,24H,4,8,10H2,1-3H3,(H,21,22,28);5-7,10,13,16-17H,4,8-9,11H2,1-3H3,(H,21,22,27)/t15-,17?,18+,20-;2*12-,15+,17?,19-;14-,16+,17?,19-;13?,16-,17-/m11111/s1. The number of ether oxygens (including phenoxy) is 18. The lowest BCUT2D eigenvalue weighted by molar-refractivity contribution is -0.0626. The zero-order valence-corrected chi connectivity index (χ0v) is 95.5. The Balaban J connectivity index is 0.000000133. The number of aliphatic hydroxyl groups is 1. The van der Waals surface area contributed by atoms with Crippen LogP contribution in [0.25, 0.3) is 0 Å². The second kappa shape index (κ2) is 54.3. The summed E-state index contributed by atoms with van der Waals surface area (Å²) >= 11 is 35.5. The minimum atomic E-state index is -1.53. The van der Waals surface area contributed by atoms with Crippen LogP contribution in [0.3, 0.4) is 0 Å². The summed E-state index contributed by atoms with van der Waals surface area (Å²) in [4.78, 5) is 45.1. The van der Waals surface area contributed by atoms with Gasteiger partial charge in [-0.05, 0) is 142 Å². The van der Waals surface area contributed by atoms with Crippen molar-refractivity contribution in [1.82, 2.24) is 47.8 Å². The Morgan fingerprint density at radius 1 is 0.353 bits per heavy atom. The van der Waals surface area contributed by atoms with E-state index < -0.39 is 61.0 Å². The lowest BCUT2D eigenvalue weighted by Crippen LogP contribution is -2.36. The van der Waals surface area contributed by atoms with Crippen LogP contribution < -0.4 is 56.0 Å². The van der Waals surface area contributed by atoms with Gasteiger partial charge in [0.1, 0.15) is 112 Å². The smallest absolute Gasteiger partial charge is 0.351 e. The molecule has 0 spiro atoms. The van der Waals surface area contributed by atoms with Gasteiger partial charge in [0.05, 0.1) is 146 Å². The molecule has 10 aliphatic heterocycles. The third-order valence-corrected chi connectivity index (χ3v) is 36.4. The molecule has 0 aliphatic carbocycles. The van der Waals surface area contributed by atoms with Gasteiger partial charge in [-0.1, -0.05) is 124 Å². The maximum absolute atomic E-state index is 15.1. The quantitative estimate of drug-likeness (QED) is 0.0199. The van der Waals surface area contributed by atoms with Crippen molar-refractivity contribution in [1.29, 1.82) is 0 Å². The van der Waals surface area contributed by atoms with E-state index in [1.54, 1.807) is 133 Å². The number of hydrogen-bond acceptors (Lipinski definition) is 42. The normalized spacial score (nSPS) is 24.3. The van der Waals surface area contributed by atoms with E-state index in [1.807, 2.05) is 107 Å². The predicted octanol–water partition coefficient (Wildman–Crippen LogP) is 22.1. The van der Waals surface area contributed by atoms with Gasteiger partial charge in [0.25, 0.3) is 0 Å². The molecule has 5 aromatic carbocycles. The Bertz CT molecular complexity index is 6270. The maximum Gasteiger partial charge on any atom is 0.351 e. The Morgan fingerprint density at radius 3 is 1.00 bits per heavy atom. The summed E-state index contributed by atoms with van der Waals surface area (Å²) in [5.41, 5.74) is 3.85. The Hall–Kier alpha value is -7.72. The van der Waals surface area contributed by atoms with E-state index >= 15 is 8.78 Å². The van der Waals surface area contributed by atoms with Crippen LogP contribution in [0.1, 0.15) is 102 Å². The molecule has 49 heteroatoms. The van der Waals surface area contributed by atoms with Crippen molar-refractivity contribution in [2.75, 3.05) is 171 Å². The summed E-state index contributed by atoms with van der Waals surface area (Å²) in [6.45, 7) is 15.7. The molecular weight excluding hydrogens is 2170 g/mol. The number of para-hydroxylation sites is 5. The number of aromatic nitrogens is 10. The summed E-state index contributed by atoms with van der Waals surface area (Å²) in [6.07, 6.45) is 6.18. The maximum atomic E-state index is 15.1. The van der Waals surface area contributed by atoms with Gasteiger partial charge in [0.15, 0.2) is 30.6 Å². The molecule has 0 bridgehead atoms. The zero-order chi connectivity index (χ0) is 106. The molecule has 0 saturated carbocycles. The van der Waals surface area contributed by atoms with Gasteiger partial charge < -0.3 is 131 Å². The van der Waals surface area contributed by atoms with Gasteiger partial charge in [-0.25, -0.2) is 33.5 Å². The van der Waals surface area contributed by atoms with Crippen molar-refractivity contribution in [2.45, 2.75) is 234 Å². The minimum Gasteiger partial charge on any atom is -0.491 e. The topological polar surface area (TPSA) is 353 Å². The number of nitrogens with zero attached hydrogens (tertiary/aromatic N) is 10. The van der Waals surface area contributed by atoms with E-state index in [0.29, 0.717) is 95.3 Å². The van der Waals surface area contributed by atoms with Gasteiger partial charge in [-0.2, -0.15) is 4.98 Å². The van der Waals surface area contributed by atoms with Gasteiger partial charge >= 0.3 is 5.69 Å². The second-order valence-electron chi connectivity index (χ2n) is 35.3. The first-order valence-corrected chi connectivity index (χ1v) is 57.5. The van der Waals surface area contributed by atoms with E-state index in [0.717, 1.165) is 146 Å². The van der Waals surface area contributed by atoms with Crippen LogP contribution in [-0.4, -0.2) is 280 Å². The van der Waals surface area contributed by atoms with Crippen molar-refractivity contribution >= 4 is 200 Å². The van der Waals surface area contributed by atoms with Crippen LogP contribution in [0.5, 0.6) is 28.7 Å². The van der Waals surface area contributed by atoms with E-state index in [4.69, 9.17) is 144 Å². The highest BCUT2D eigenvalue weighted by molar-refractivity contribution is 8.02. The molecule has 0 amide bonds. The van der Waals surface area contributed by atoms with Crippen molar-refractivity contribution in [3.8, 4) is 28.7 Å². The molecular formula is C101H125F2N15O20S12. The van der Waals surface area contributed by atoms with Crippen LogP contribution >= 0.6 is 143 Å². The number of benzene rings is 5. The van der Waals surface area contributed by atoms with E-state index in [2.05, 4.69) is 104 Å². The monoisotopic (exact) mass is 2290 g/mol. The Kier molecular flexibility index (Phi) is 41.6. The van der Waals surface area contributed by atoms with Crippen molar-refractivity contribution in [3.05, 3.63) is 152 Å². The first-order valence-electron chi connectivity index (χ1n) is 49.0. The number of rotatable bonds is 36. The van der Waals surface area contributed by atoms with E-state index in [9.17, 15) is 9.90 Å². The largest absolute Gasteiger partial charge is 0.491 e. The van der Waals surface area contributed by atoms with Gasteiger partial charge in [-0.15, -0.1) is 35.3 Å². The lowest BCUT2D eigenvalue weighted by Gasteiger charge is -2.27. The number of alkyl halides is 2. The third kappa shape index (κ3) is 25.7. The number of hydrogen-bond donors (Lipinski definition) is 6. The van der Waals surface area contributed by atoms with Crippen molar-refractivity contribution in [2.24, 2.45) is 0 Å². The molecule has 5 aromatic heterocycles. The van der Waals surface area contributed by atoms with Crippen LogP contribution in [0.15, 0.2) is 176 Å². The average Bonchev–Trinajstić information content (AvgIpc) is 1.25. The fourth-order valence-electron chi connectivity index (χ4n) is 18.2. The van der Waals surface area contributed by atoms with Crippen LogP contribution in [0.4, 0.5) is 66.3 Å². The summed E-state index contributed by atoms with van der Waals surface area (Å²) in [5.74, 6) is 7.23. The summed E-state index contributed by atoms with van der Waals surface area (Å²) in [5, 5.41) is 27.9. The lowest BCUT2D eigenvalue weighted by atomic mass is 10.1. The number of aliphatic hydroxyl groups excluding tert-OH is 1. The molecule has 19 atom stereocenters. The highest BCUT2D eigenvalue weighted by Gasteiger charge is 2.51. The molecule has 6 N–H and O–H groups in total. The van der Waals surface area contributed by atoms with Gasteiger partial charge in [0, 0.05) is 140 Å². The van der Waals surface area contributed by atoms with E-state index in [-0.39, 0.29) is 74.3 Å². The molecule has 35 nitrogen and oxygen atoms in total. The van der Waals surface area contributed by atoms with Crippen LogP contribution in [0.2, 0.25) is 0 Å². The van der Waals surface area contributed by atoms with Gasteiger partial charge in [0.2, 0.25) is 19.1 Å². The molecule has 150 heavy (non-hydrogen) atoms. The SMILES string of the molecule is CCCOc1cccc2c1Nc1nc(=O)n([C@@H]3O[C@H](COC)C(OC)[C@@H]3F)cc1S2.CCCOc1cccc2c1Nc1nc(=S)n([C@@H]3O[C@H](COC)C(OC)[C@@H]3F)cc1S2.CCCOc1cccc2c1Nc1nc(=S)n([C@@H]3S[C@H](COC)C(OC)[C@@H]3O)cc1S2.CCCOc1cccc2c1Nc1nc(=S)n([C@@H]3S[C@H](COC)C(OC)[C@@H]3OC)cc1S2.CCCOc1cccc2c1Nc1nc(=S)n([C@H]3CC(OC)[C@@H](COC)S3)cc1S2. The molecule has 10 aliphatic rings. The fourth-order valence-corrected chi connectivity index (χ4v) is 29.3. The van der Waals surface area contributed by atoms with E-state index in [1.165, 1.54) is 49.4 Å². The molecule has 15 heterocycles. The molecule has 5 unspecified atom stereocenters. The van der Waals surface area contributed by atoms with Crippen molar-refractivity contribution < 1.29 is 99.2 Å². The molecule has 20 rings (SSSR count). The fraction of sp³-hybridized carbons (Fsp3) is 0.505. The third-order valence-electron chi connectivity index (χ3n) is 25.2. The summed E-state index contributed by atoms with van der Waals surface area (Å²) in [7, 11) is 17.8. The summed E-state index contributed by atoms with van der Waals surface area (Å²) in [6, 6.07) is 29.8. The molecule has 5 saturated heterocycles. The predicted molar refractivity (Wildman–Crippen MR) is 593 cm³/mol. The van der Waals surface area contributed by atoms with Gasteiger partial charge in [-0.3, -0.25) is 9.13 Å². The Morgan fingerprint density at radius 2 is 0.653 bits per heavy atom. The number of methoxy groups -OCH3 is 11. The number of thioether (sulfide) groups is 3. The number of halogens is 2. The van der Waals surface area contributed by atoms with Crippen LogP contribution in [-0.2, 0) is 61.6 Å². The average molecular weight is 2290 g/mol. The zero-order valence-electron chi connectivity index (χ0n) is 85.7. The highest BCUT2D eigenvalue weighted by atomic mass is 32.2.